The number of rotatable bonds is 5. The number of allylic oxidation sites excluding steroid dienone is 2. The predicted octanol–water partition coefficient (Wildman–Crippen LogP) is 3.07. The maximum atomic E-state index is 12.7. The molecule has 2 fully saturated rings. The van der Waals surface area contributed by atoms with Gasteiger partial charge in [-0.3, -0.25) is 4.79 Å². The highest BCUT2D eigenvalue weighted by molar-refractivity contribution is 6.08. The number of carbonyl (C=O) groups excluding carboxylic acids is 2. The highest BCUT2D eigenvalue weighted by atomic mass is 16.5. The number of morpholine rings is 2. The molecule has 8 heteroatoms. The lowest BCUT2D eigenvalue weighted by atomic mass is 10.0. The summed E-state index contributed by atoms with van der Waals surface area (Å²) in [7, 11) is 0. The van der Waals surface area contributed by atoms with E-state index in [0.29, 0.717) is 50.8 Å². The molecular weight excluding hydrogens is 408 g/mol. The van der Waals surface area contributed by atoms with Crippen LogP contribution in [-0.4, -0.2) is 74.3 Å². The van der Waals surface area contributed by atoms with Crippen LogP contribution in [0.2, 0.25) is 0 Å². The fourth-order valence-corrected chi connectivity index (χ4v) is 3.65. The Bertz CT molecular complexity index is 960. The third kappa shape index (κ3) is 5.52. The van der Waals surface area contributed by atoms with Crippen LogP contribution in [0.3, 0.4) is 0 Å². The molecule has 2 saturated heterocycles. The fourth-order valence-electron chi connectivity index (χ4n) is 3.65. The summed E-state index contributed by atoms with van der Waals surface area (Å²) in [4.78, 5) is 33.4. The molecule has 168 valence electrons. The molecule has 4 rings (SSSR count). The average molecular weight is 437 g/mol. The zero-order chi connectivity index (χ0) is 22.3. The first-order valence-electron chi connectivity index (χ1n) is 10.9. The van der Waals surface area contributed by atoms with Gasteiger partial charge in [0.25, 0.3) is 0 Å². The van der Waals surface area contributed by atoms with Crippen molar-refractivity contribution in [2.24, 2.45) is 0 Å². The van der Waals surface area contributed by atoms with E-state index in [1.807, 2.05) is 19.1 Å². The molecule has 0 spiro atoms. The molecule has 0 radical (unpaired) electrons. The predicted molar refractivity (Wildman–Crippen MR) is 123 cm³/mol. The van der Waals surface area contributed by atoms with Gasteiger partial charge in [0.05, 0.1) is 26.4 Å². The molecule has 0 bridgehead atoms. The van der Waals surface area contributed by atoms with Crippen LogP contribution in [0.4, 0.5) is 16.3 Å². The van der Waals surface area contributed by atoms with Gasteiger partial charge in [-0.1, -0.05) is 0 Å². The second kappa shape index (κ2) is 10.4. The Hall–Kier alpha value is -3.23. The quantitative estimate of drug-likeness (QED) is 0.573. The molecule has 2 aromatic rings. The number of benzene rings is 1. The van der Waals surface area contributed by atoms with E-state index in [9.17, 15) is 9.59 Å². The minimum atomic E-state index is -0.156. The zero-order valence-electron chi connectivity index (χ0n) is 18.3. The number of amides is 2. The van der Waals surface area contributed by atoms with Gasteiger partial charge in [0.15, 0.2) is 5.78 Å². The molecule has 2 amide bonds. The molecule has 0 aliphatic carbocycles. The summed E-state index contributed by atoms with van der Waals surface area (Å²) in [6, 6.07) is 10.7. The Morgan fingerprint density at radius 1 is 0.906 bits per heavy atom. The van der Waals surface area contributed by atoms with Crippen LogP contribution < -0.4 is 10.2 Å². The fraction of sp³-hybridized carbons (Fsp3) is 0.375. The minimum Gasteiger partial charge on any atom is -0.378 e. The summed E-state index contributed by atoms with van der Waals surface area (Å²) in [5.74, 6) is 0.830. The Kier molecular flexibility index (Phi) is 7.14. The first kappa shape index (κ1) is 22.0. The molecule has 1 N–H and O–H groups in total. The molecule has 0 unspecified atom stereocenters. The maximum absolute atomic E-state index is 12.7. The van der Waals surface area contributed by atoms with Gasteiger partial charge in [-0.15, -0.1) is 0 Å². The van der Waals surface area contributed by atoms with Crippen molar-refractivity contribution in [3.63, 3.8) is 0 Å². The monoisotopic (exact) mass is 436 g/mol. The zero-order valence-corrected chi connectivity index (χ0v) is 18.3. The van der Waals surface area contributed by atoms with Crippen LogP contribution in [0, 0.1) is 0 Å². The van der Waals surface area contributed by atoms with Crippen LogP contribution in [-0.2, 0) is 9.47 Å². The summed E-state index contributed by atoms with van der Waals surface area (Å²) in [6.07, 6.45) is 3.42. The van der Waals surface area contributed by atoms with Crippen molar-refractivity contribution < 1.29 is 19.1 Å². The van der Waals surface area contributed by atoms with Gasteiger partial charge in [0.2, 0.25) is 0 Å². The van der Waals surface area contributed by atoms with E-state index in [0.717, 1.165) is 30.0 Å². The summed E-state index contributed by atoms with van der Waals surface area (Å²) in [5, 5.41) is 2.86. The van der Waals surface area contributed by atoms with E-state index >= 15 is 0 Å². The SMILES string of the molecule is CC(=CC(=O)c1ccc(NC(=O)N2CCOCC2)cc1)c1ccc(N2CCOCC2)nc1. The second-order valence-electron chi connectivity index (χ2n) is 7.80. The molecule has 2 aliphatic heterocycles. The van der Waals surface area contributed by atoms with Crippen LogP contribution in [0.1, 0.15) is 22.8 Å². The summed E-state index contributed by atoms with van der Waals surface area (Å²) < 4.78 is 10.6. The van der Waals surface area contributed by atoms with E-state index in [2.05, 4.69) is 15.2 Å². The van der Waals surface area contributed by atoms with Gasteiger partial charge in [-0.2, -0.15) is 0 Å². The summed E-state index contributed by atoms with van der Waals surface area (Å²) in [5.41, 5.74) is 2.97. The number of hydrogen-bond donors (Lipinski definition) is 1. The number of ether oxygens (including phenoxy) is 2. The molecule has 1 aromatic heterocycles. The lowest BCUT2D eigenvalue weighted by molar-refractivity contribution is 0.0564. The van der Waals surface area contributed by atoms with Gasteiger partial charge >= 0.3 is 6.03 Å². The third-order valence-electron chi connectivity index (χ3n) is 5.60. The number of nitrogens with zero attached hydrogens (tertiary/aromatic N) is 3. The van der Waals surface area contributed by atoms with E-state index in [4.69, 9.17) is 9.47 Å². The van der Waals surface area contributed by atoms with E-state index in [1.54, 1.807) is 41.4 Å². The molecule has 8 nitrogen and oxygen atoms in total. The number of pyridine rings is 1. The standard InChI is InChI=1S/C24H28N4O4/c1-18(20-4-7-23(25-17-20)27-8-12-31-13-9-27)16-22(29)19-2-5-21(6-3-19)26-24(30)28-10-14-32-15-11-28/h2-7,16-17H,8-15H2,1H3,(H,26,30). The van der Waals surface area contributed by atoms with Crippen molar-refractivity contribution in [3.8, 4) is 0 Å². The number of nitrogens with one attached hydrogen (secondary N) is 1. The molecule has 1 aromatic carbocycles. The van der Waals surface area contributed by atoms with Crippen molar-refractivity contribution in [1.29, 1.82) is 0 Å². The molecule has 2 aliphatic rings. The molecule has 32 heavy (non-hydrogen) atoms. The smallest absolute Gasteiger partial charge is 0.321 e. The van der Waals surface area contributed by atoms with Crippen molar-refractivity contribution in [2.45, 2.75) is 6.92 Å². The number of aromatic nitrogens is 1. The van der Waals surface area contributed by atoms with Crippen molar-refractivity contribution in [1.82, 2.24) is 9.88 Å². The first-order valence-corrected chi connectivity index (χ1v) is 10.9. The maximum Gasteiger partial charge on any atom is 0.321 e. The van der Waals surface area contributed by atoms with E-state index < -0.39 is 0 Å². The Labute approximate surface area is 187 Å². The molecular formula is C24H28N4O4. The average Bonchev–Trinajstić information content (AvgIpc) is 2.85. The van der Waals surface area contributed by atoms with Gasteiger partial charge in [0, 0.05) is 43.6 Å². The van der Waals surface area contributed by atoms with Crippen molar-refractivity contribution in [2.75, 3.05) is 62.8 Å². The minimum absolute atomic E-state index is 0.0918. The Morgan fingerprint density at radius 3 is 2.16 bits per heavy atom. The number of anilines is 2. The number of carbonyl (C=O) groups is 2. The highest BCUT2D eigenvalue weighted by Gasteiger charge is 2.17. The lowest BCUT2D eigenvalue weighted by Gasteiger charge is -2.27. The van der Waals surface area contributed by atoms with Gasteiger partial charge in [0.1, 0.15) is 5.82 Å². The van der Waals surface area contributed by atoms with E-state index in [1.165, 1.54) is 0 Å². The number of ketones is 1. The van der Waals surface area contributed by atoms with Crippen LogP contribution in [0.5, 0.6) is 0 Å². The van der Waals surface area contributed by atoms with Gasteiger partial charge in [-0.05, 0) is 60.5 Å². The summed E-state index contributed by atoms with van der Waals surface area (Å²) in [6.45, 7) is 7.27. The Morgan fingerprint density at radius 2 is 1.53 bits per heavy atom. The van der Waals surface area contributed by atoms with E-state index in [-0.39, 0.29) is 11.8 Å². The molecule has 0 saturated carbocycles. The highest BCUT2D eigenvalue weighted by Crippen LogP contribution is 2.19. The normalized spacial score (nSPS) is 17.2. The van der Waals surface area contributed by atoms with Crippen LogP contribution >= 0.6 is 0 Å². The number of urea groups is 1. The first-order chi connectivity index (χ1) is 15.6. The number of hydrogen-bond acceptors (Lipinski definition) is 6. The lowest BCUT2D eigenvalue weighted by Crippen LogP contribution is -2.43. The van der Waals surface area contributed by atoms with Crippen molar-refractivity contribution in [3.05, 3.63) is 59.8 Å². The molecule has 0 atom stereocenters. The Balaban J connectivity index is 1.36. The largest absolute Gasteiger partial charge is 0.378 e. The molecule has 3 heterocycles. The second-order valence-corrected chi connectivity index (χ2v) is 7.80. The van der Waals surface area contributed by atoms with Crippen molar-refractivity contribution >= 4 is 28.9 Å². The van der Waals surface area contributed by atoms with Crippen LogP contribution in [0.25, 0.3) is 5.57 Å². The van der Waals surface area contributed by atoms with Gasteiger partial charge in [-0.25, -0.2) is 9.78 Å². The van der Waals surface area contributed by atoms with Gasteiger partial charge < -0.3 is 24.6 Å². The topological polar surface area (TPSA) is 84.0 Å². The summed E-state index contributed by atoms with van der Waals surface area (Å²) >= 11 is 0. The third-order valence-corrected chi connectivity index (χ3v) is 5.60. The van der Waals surface area contributed by atoms with Crippen LogP contribution in [0.15, 0.2) is 48.7 Å².